The van der Waals surface area contributed by atoms with E-state index >= 15 is 0 Å². The number of Topliss-reactive ketones (excluding diaryl/α,β-unsaturated/α-hetero) is 1. The summed E-state index contributed by atoms with van der Waals surface area (Å²) in [4.78, 5) is 32.2. The van der Waals surface area contributed by atoms with Crippen molar-refractivity contribution in [2.45, 2.75) is 12.6 Å². The molecule has 1 N–H and O–H groups in total. The van der Waals surface area contributed by atoms with Gasteiger partial charge in [-0.25, -0.2) is 0 Å². The van der Waals surface area contributed by atoms with Crippen LogP contribution >= 0.6 is 15.9 Å². The normalized spacial score (nSPS) is 16.5. The molecule has 2 heterocycles. The number of hydrogen-bond donors (Lipinski definition) is 1. The number of pyridine rings is 1. The lowest BCUT2D eigenvalue weighted by Gasteiger charge is -2.25. The van der Waals surface area contributed by atoms with Crippen molar-refractivity contribution in [3.63, 3.8) is 0 Å². The molecule has 0 bridgehead atoms. The van der Waals surface area contributed by atoms with Crippen molar-refractivity contribution in [3.8, 4) is 11.5 Å². The fourth-order valence-electron chi connectivity index (χ4n) is 4.36. The Morgan fingerprint density at radius 2 is 1.76 bits per heavy atom. The SMILES string of the molecule is COc1ccc(/C(O)=C2/C(=O)C(=O)N(c3ccc(OCc4ccccc4)cc3)C2c2cccnc2)cc1Br. The first-order valence-corrected chi connectivity index (χ1v) is 12.6. The molecule has 1 atom stereocenters. The Morgan fingerprint density at radius 1 is 1.00 bits per heavy atom. The van der Waals surface area contributed by atoms with Crippen LogP contribution < -0.4 is 14.4 Å². The molecule has 1 unspecified atom stereocenters. The first kappa shape index (κ1) is 25.2. The number of amides is 1. The first-order chi connectivity index (χ1) is 18.5. The van der Waals surface area contributed by atoms with Gasteiger partial charge in [0, 0.05) is 23.6 Å². The Kier molecular flexibility index (Phi) is 7.24. The number of carbonyl (C=O) groups excluding carboxylic acids is 2. The van der Waals surface area contributed by atoms with Crippen LogP contribution in [0.15, 0.2) is 107 Å². The molecule has 0 radical (unpaired) electrons. The number of methoxy groups -OCH3 is 1. The second kappa shape index (κ2) is 10.9. The Morgan fingerprint density at radius 3 is 2.42 bits per heavy atom. The predicted octanol–water partition coefficient (Wildman–Crippen LogP) is 6.06. The number of rotatable bonds is 7. The van der Waals surface area contributed by atoms with E-state index in [0.29, 0.717) is 39.4 Å². The number of aromatic nitrogens is 1. The van der Waals surface area contributed by atoms with Crippen LogP contribution in [0, 0.1) is 0 Å². The van der Waals surface area contributed by atoms with Gasteiger partial charge in [-0.15, -0.1) is 0 Å². The summed E-state index contributed by atoms with van der Waals surface area (Å²) in [5.74, 6) is -0.625. The van der Waals surface area contributed by atoms with Crippen molar-refractivity contribution < 1.29 is 24.2 Å². The lowest BCUT2D eigenvalue weighted by molar-refractivity contribution is -0.132. The van der Waals surface area contributed by atoms with E-state index in [9.17, 15) is 14.7 Å². The molecule has 1 aromatic heterocycles. The van der Waals surface area contributed by atoms with E-state index in [0.717, 1.165) is 5.56 Å². The Hall–Kier alpha value is -4.43. The molecule has 1 aliphatic rings. The smallest absolute Gasteiger partial charge is 0.300 e. The van der Waals surface area contributed by atoms with Gasteiger partial charge in [-0.3, -0.25) is 19.5 Å². The molecule has 0 saturated carbocycles. The number of aliphatic hydroxyl groups excluding tert-OH is 1. The zero-order valence-electron chi connectivity index (χ0n) is 20.4. The van der Waals surface area contributed by atoms with Gasteiger partial charge in [0.15, 0.2) is 0 Å². The van der Waals surface area contributed by atoms with E-state index in [2.05, 4.69) is 20.9 Å². The summed E-state index contributed by atoms with van der Waals surface area (Å²) in [6.07, 6.45) is 3.19. The maximum Gasteiger partial charge on any atom is 0.300 e. The Bertz CT molecular complexity index is 1510. The van der Waals surface area contributed by atoms with Crippen molar-refractivity contribution in [2.75, 3.05) is 12.0 Å². The van der Waals surface area contributed by atoms with Gasteiger partial charge in [-0.05, 0) is 75.6 Å². The van der Waals surface area contributed by atoms with Gasteiger partial charge in [0.25, 0.3) is 11.7 Å². The van der Waals surface area contributed by atoms with Gasteiger partial charge < -0.3 is 14.6 Å². The summed E-state index contributed by atoms with van der Waals surface area (Å²) in [6.45, 7) is 0.401. The molecule has 190 valence electrons. The number of nitrogens with zero attached hydrogens (tertiary/aromatic N) is 2. The summed E-state index contributed by atoms with van der Waals surface area (Å²) >= 11 is 3.41. The van der Waals surface area contributed by atoms with E-state index in [4.69, 9.17) is 9.47 Å². The summed E-state index contributed by atoms with van der Waals surface area (Å²) in [5, 5.41) is 11.3. The van der Waals surface area contributed by atoms with Crippen LogP contribution in [-0.4, -0.2) is 28.9 Å². The van der Waals surface area contributed by atoms with Crippen LogP contribution in [0.25, 0.3) is 5.76 Å². The van der Waals surface area contributed by atoms with E-state index in [1.165, 1.54) is 12.0 Å². The zero-order chi connectivity index (χ0) is 26.6. The van der Waals surface area contributed by atoms with Crippen LogP contribution in [-0.2, 0) is 16.2 Å². The molecule has 7 nitrogen and oxygen atoms in total. The van der Waals surface area contributed by atoms with Crippen molar-refractivity contribution in [1.29, 1.82) is 0 Å². The van der Waals surface area contributed by atoms with Gasteiger partial charge in [0.2, 0.25) is 0 Å². The van der Waals surface area contributed by atoms with Crippen LogP contribution in [0.3, 0.4) is 0 Å². The number of hydrogen-bond acceptors (Lipinski definition) is 6. The standard InChI is InChI=1S/C30H23BrN2O5/c1-37-25-14-9-20(16-24(25)31)28(34)26-27(21-8-5-15-32-17-21)33(30(36)29(26)35)22-10-12-23(13-11-22)38-18-19-6-3-2-4-7-19/h2-17,27,34H,18H2,1H3/b28-26-. The number of ketones is 1. The molecule has 3 aromatic carbocycles. The van der Waals surface area contributed by atoms with Crippen LogP contribution in [0.1, 0.15) is 22.7 Å². The molecule has 1 amide bonds. The Labute approximate surface area is 228 Å². The van der Waals surface area contributed by atoms with Crippen molar-refractivity contribution >= 4 is 39.1 Å². The van der Waals surface area contributed by atoms with Crippen molar-refractivity contribution in [2.24, 2.45) is 0 Å². The van der Waals surface area contributed by atoms with Crippen molar-refractivity contribution in [1.82, 2.24) is 4.98 Å². The average Bonchev–Trinajstić information content (AvgIpc) is 3.22. The number of benzene rings is 3. The lowest BCUT2D eigenvalue weighted by Crippen LogP contribution is -2.29. The summed E-state index contributed by atoms with van der Waals surface area (Å²) < 4.78 is 11.7. The molecule has 38 heavy (non-hydrogen) atoms. The van der Waals surface area contributed by atoms with Crippen LogP contribution in [0.4, 0.5) is 5.69 Å². The Balaban J connectivity index is 1.52. The van der Waals surface area contributed by atoms with E-state index in [1.807, 2.05) is 30.3 Å². The highest BCUT2D eigenvalue weighted by atomic mass is 79.9. The second-order valence-electron chi connectivity index (χ2n) is 8.57. The fraction of sp³-hybridized carbons (Fsp3) is 0.100. The lowest BCUT2D eigenvalue weighted by atomic mass is 9.96. The molecule has 0 spiro atoms. The van der Waals surface area contributed by atoms with Gasteiger partial charge in [0.1, 0.15) is 23.9 Å². The number of anilines is 1. The third kappa shape index (κ3) is 4.90. The van der Waals surface area contributed by atoms with E-state index in [1.54, 1.807) is 67.0 Å². The topological polar surface area (TPSA) is 89.0 Å². The summed E-state index contributed by atoms with van der Waals surface area (Å²) in [7, 11) is 1.53. The highest BCUT2D eigenvalue weighted by molar-refractivity contribution is 9.10. The highest BCUT2D eigenvalue weighted by Crippen LogP contribution is 2.42. The molecular weight excluding hydrogens is 548 g/mol. The maximum absolute atomic E-state index is 13.3. The number of halogens is 1. The van der Waals surface area contributed by atoms with Gasteiger partial charge in [-0.1, -0.05) is 36.4 Å². The molecule has 1 saturated heterocycles. The molecule has 8 heteroatoms. The number of carbonyl (C=O) groups is 2. The fourth-order valence-corrected chi connectivity index (χ4v) is 4.91. The third-order valence-electron chi connectivity index (χ3n) is 6.23. The van der Waals surface area contributed by atoms with E-state index < -0.39 is 17.7 Å². The number of ether oxygens (including phenoxy) is 2. The first-order valence-electron chi connectivity index (χ1n) is 11.8. The summed E-state index contributed by atoms with van der Waals surface area (Å²) in [5.41, 5.74) is 2.45. The molecule has 1 aliphatic heterocycles. The van der Waals surface area contributed by atoms with Crippen LogP contribution in [0.2, 0.25) is 0 Å². The van der Waals surface area contributed by atoms with Gasteiger partial charge in [0.05, 0.1) is 23.2 Å². The maximum atomic E-state index is 13.3. The monoisotopic (exact) mass is 570 g/mol. The van der Waals surface area contributed by atoms with E-state index in [-0.39, 0.29) is 11.3 Å². The predicted molar refractivity (Wildman–Crippen MR) is 147 cm³/mol. The minimum absolute atomic E-state index is 0.0236. The third-order valence-corrected chi connectivity index (χ3v) is 6.85. The minimum atomic E-state index is -0.874. The average molecular weight is 571 g/mol. The van der Waals surface area contributed by atoms with Gasteiger partial charge in [-0.2, -0.15) is 0 Å². The van der Waals surface area contributed by atoms with Gasteiger partial charge >= 0.3 is 0 Å². The molecular formula is C30H23BrN2O5. The minimum Gasteiger partial charge on any atom is -0.507 e. The summed E-state index contributed by atoms with van der Waals surface area (Å²) in [6, 6.07) is 24.3. The quantitative estimate of drug-likeness (QED) is 0.165. The molecule has 5 rings (SSSR count). The van der Waals surface area contributed by atoms with Crippen LogP contribution in [0.5, 0.6) is 11.5 Å². The molecule has 1 fully saturated rings. The highest BCUT2D eigenvalue weighted by Gasteiger charge is 2.47. The number of aliphatic hydroxyl groups is 1. The molecule has 0 aliphatic carbocycles. The molecule has 4 aromatic rings. The zero-order valence-corrected chi connectivity index (χ0v) is 22.0. The largest absolute Gasteiger partial charge is 0.507 e. The second-order valence-corrected chi connectivity index (χ2v) is 9.43. The van der Waals surface area contributed by atoms with Crippen molar-refractivity contribution in [3.05, 3.63) is 124 Å².